The first-order valence-corrected chi connectivity index (χ1v) is 12.3. The molecular weight excluding hydrogens is 497 g/mol. The predicted octanol–water partition coefficient (Wildman–Crippen LogP) is 4.28. The fourth-order valence-electron chi connectivity index (χ4n) is 4.39. The molecule has 1 atom stereocenters. The topological polar surface area (TPSA) is 127 Å². The summed E-state index contributed by atoms with van der Waals surface area (Å²) in [5.74, 6) is -1.29. The number of nitrogens with two attached hydrogens (primary N) is 2. The zero-order valence-corrected chi connectivity index (χ0v) is 20.5. The van der Waals surface area contributed by atoms with Gasteiger partial charge in [-0.05, 0) is 37.4 Å². The van der Waals surface area contributed by atoms with E-state index in [4.69, 9.17) is 34.7 Å². The van der Waals surface area contributed by atoms with E-state index in [1.165, 1.54) is 17.4 Å². The number of primary amides is 2. The standard InChI is InChI=1S/C24H23Cl2N3O4S/c25-15-10-14-19(24(28)33)18(34-22(14)20(26)21(15)31)8-7-17(30)13-5-3-12(4-6-13)11-29-9-1-2-16(29)23(27)32/h3-6,10,16,31H,1-2,7-9,11H2,(H2,27,32)(H2,28,33)/t16-/m1/s1. The molecule has 2 heterocycles. The van der Waals surface area contributed by atoms with Gasteiger partial charge in [0.05, 0.1) is 21.3 Å². The first-order valence-electron chi connectivity index (χ1n) is 10.7. The zero-order valence-electron chi connectivity index (χ0n) is 18.1. The molecule has 0 unspecified atom stereocenters. The smallest absolute Gasteiger partial charge is 0.250 e. The Morgan fingerprint density at radius 1 is 1.15 bits per heavy atom. The Morgan fingerprint density at radius 3 is 2.50 bits per heavy atom. The third-order valence-electron chi connectivity index (χ3n) is 6.10. The number of hydrogen-bond donors (Lipinski definition) is 3. The molecule has 1 saturated heterocycles. The van der Waals surface area contributed by atoms with Crippen molar-refractivity contribution in [3.8, 4) is 5.75 Å². The van der Waals surface area contributed by atoms with Crippen LogP contribution in [0.15, 0.2) is 30.3 Å². The number of likely N-dealkylation sites (tertiary alicyclic amines) is 1. The molecule has 5 N–H and O–H groups in total. The number of phenolic OH excluding ortho intramolecular Hbond substituents is 1. The Morgan fingerprint density at radius 2 is 1.85 bits per heavy atom. The van der Waals surface area contributed by atoms with Crippen LogP contribution in [-0.4, -0.2) is 40.2 Å². The van der Waals surface area contributed by atoms with Crippen LogP contribution in [0.3, 0.4) is 0 Å². The van der Waals surface area contributed by atoms with Gasteiger partial charge in [-0.1, -0.05) is 47.5 Å². The average Bonchev–Trinajstić information content (AvgIpc) is 3.41. The number of phenols is 1. The number of ketones is 1. The minimum Gasteiger partial charge on any atom is -0.505 e. The molecule has 0 radical (unpaired) electrons. The van der Waals surface area contributed by atoms with Gasteiger partial charge in [0.1, 0.15) is 5.02 Å². The molecule has 2 aromatic carbocycles. The number of benzene rings is 2. The second-order valence-corrected chi connectivity index (χ2v) is 10.2. The Kier molecular flexibility index (Phi) is 7.14. The van der Waals surface area contributed by atoms with E-state index in [-0.39, 0.29) is 45.5 Å². The van der Waals surface area contributed by atoms with Crippen molar-refractivity contribution in [3.63, 3.8) is 0 Å². The van der Waals surface area contributed by atoms with Crippen LogP contribution in [-0.2, 0) is 17.8 Å². The van der Waals surface area contributed by atoms with Gasteiger partial charge in [-0.25, -0.2) is 0 Å². The highest BCUT2D eigenvalue weighted by atomic mass is 35.5. The summed E-state index contributed by atoms with van der Waals surface area (Å²) in [6, 6.07) is 8.50. The summed E-state index contributed by atoms with van der Waals surface area (Å²) in [6.07, 6.45) is 2.17. The number of hydrogen-bond acceptors (Lipinski definition) is 6. The first-order chi connectivity index (χ1) is 16.2. The van der Waals surface area contributed by atoms with Gasteiger partial charge in [0.25, 0.3) is 0 Å². The number of Topliss-reactive ketones (excluding diaryl/α,β-unsaturated/α-hetero) is 1. The van der Waals surface area contributed by atoms with Crippen molar-refractivity contribution < 1.29 is 19.5 Å². The number of nitrogens with zero attached hydrogens (tertiary/aromatic N) is 1. The van der Waals surface area contributed by atoms with Crippen molar-refractivity contribution in [1.29, 1.82) is 0 Å². The number of fused-ring (bicyclic) bond motifs is 1. The van der Waals surface area contributed by atoms with Crippen LogP contribution >= 0.6 is 34.5 Å². The minimum absolute atomic E-state index is 0.0246. The number of aryl methyl sites for hydroxylation is 1. The summed E-state index contributed by atoms with van der Waals surface area (Å²) in [5.41, 5.74) is 12.9. The van der Waals surface area contributed by atoms with E-state index in [2.05, 4.69) is 4.90 Å². The Labute approximate surface area is 210 Å². The maximum Gasteiger partial charge on any atom is 0.250 e. The molecule has 0 saturated carbocycles. The number of thiophene rings is 1. The van der Waals surface area contributed by atoms with Gasteiger partial charge in [0, 0.05) is 28.8 Å². The number of rotatable bonds is 8. The van der Waals surface area contributed by atoms with Gasteiger partial charge in [-0.3, -0.25) is 19.3 Å². The molecule has 4 rings (SSSR count). The third-order valence-corrected chi connectivity index (χ3v) is 8.15. The van der Waals surface area contributed by atoms with Gasteiger partial charge >= 0.3 is 0 Å². The second kappa shape index (κ2) is 9.92. The van der Waals surface area contributed by atoms with Crippen LogP contribution in [0.25, 0.3) is 10.1 Å². The first kappa shape index (κ1) is 24.5. The third kappa shape index (κ3) is 4.77. The molecule has 3 aromatic rings. The van der Waals surface area contributed by atoms with E-state index in [0.717, 1.165) is 24.9 Å². The molecule has 0 spiro atoms. The highest BCUT2D eigenvalue weighted by molar-refractivity contribution is 7.20. The average molecular weight is 520 g/mol. The van der Waals surface area contributed by atoms with E-state index < -0.39 is 5.91 Å². The molecule has 1 aliphatic heterocycles. The van der Waals surface area contributed by atoms with Crippen molar-refractivity contribution in [3.05, 3.63) is 61.9 Å². The summed E-state index contributed by atoms with van der Waals surface area (Å²) >= 11 is 13.4. The predicted molar refractivity (Wildman–Crippen MR) is 134 cm³/mol. The quantitative estimate of drug-likeness (QED) is 0.382. The molecule has 34 heavy (non-hydrogen) atoms. The summed E-state index contributed by atoms with van der Waals surface area (Å²) in [6.45, 7) is 1.42. The highest BCUT2D eigenvalue weighted by Gasteiger charge is 2.28. The summed E-state index contributed by atoms with van der Waals surface area (Å²) in [7, 11) is 0. The number of amides is 2. The Bertz CT molecular complexity index is 1290. The van der Waals surface area contributed by atoms with Crippen molar-refractivity contribution in [2.75, 3.05) is 6.54 Å². The minimum atomic E-state index is -0.646. The largest absolute Gasteiger partial charge is 0.505 e. The molecule has 1 aliphatic rings. The monoisotopic (exact) mass is 519 g/mol. The van der Waals surface area contributed by atoms with E-state index in [1.54, 1.807) is 12.1 Å². The Hall–Kier alpha value is -2.65. The number of aromatic hydroxyl groups is 1. The fourth-order valence-corrected chi connectivity index (χ4v) is 6.18. The van der Waals surface area contributed by atoms with Crippen LogP contribution < -0.4 is 11.5 Å². The van der Waals surface area contributed by atoms with Gasteiger partial charge in [-0.15, -0.1) is 11.3 Å². The van der Waals surface area contributed by atoms with Crippen LogP contribution in [0, 0.1) is 0 Å². The van der Waals surface area contributed by atoms with E-state index in [9.17, 15) is 19.5 Å². The lowest BCUT2D eigenvalue weighted by molar-refractivity contribution is -0.122. The van der Waals surface area contributed by atoms with Gasteiger partial charge in [0.15, 0.2) is 11.5 Å². The van der Waals surface area contributed by atoms with Gasteiger partial charge < -0.3 is 16.6 Å². The van der Waals surface area contributed by atoms with Crippen molar-refractivity contribution in [1.82, 2.24) is 4.90 Å². The van der Waals surface area contributed by atoms with Crippen LogP contribution in [0.5, 0.6) is 5.75 Å². The summed E-state index contributed by atoms with van der Waals surface area (Å²) in [4.78, 5) is 39.2. The highest BCUT2D eigenvalue weighted by Crippen LogP contribution is 2.44. The molecule has 2 amide bonds. The number of halogens is 2. The maximum atomic E-state index is 12.8. The molecule has 7 nitrogen and oxygen atoms in total. The fraction of sp³-hybridized carbons (Fsp3) is 0.292. The van der Waals surface area contributed by atoms with Crippen molar-refractivity contribution in [2.24, 2.45) is 11.5 Å². The maximum absolute atomic E-state index is 12.8. The molecular formula is C24H23Cl2N3O4S. The van der Waals surface area contributed by atoms with Crippen LogP contribution in [0.4, 0.5) is 0 Å². The van der Waals surface area contributed by atoms with Crippen molar-refractivity contribution >= 4 is 62.2 Å². The van der Waals surface area contributed by atoms with Gasteiger partial charge in [-0.2, -0.15) is 0 Å². The van der Waals surface area contributed by atoms with E-state index in [1.807, 2.05) is 12.1 Å². The lowest BCUT2D eigenvalue weighted by atomic mass is 10.0. The SMILES string of the molecule is NC(=O)c1c(CCC(=O)c2ccc(CN3CCC[C@@H]3C(N)=O)cc2)sc2c(Cl)c(O)c(Cl)cc12. The second-order valence-electron chi connectivity index (χ2n) is 8.31. The lowest BCUT2D eigenvalue weighted by Crippen LogP contribution is -2.39. The summed E-state index contributed by atoms with van der Waals surface area (Å²) < 4.78 is 0.500. The summed E-state index contributed by atoms with van der Waals surface area (Å²) in [5, 5.41) is 10.6. The molecule has 1 aromatic heterocycles. The van der Waals surface area contributed by atoms with Gasteiger partial charge in [0.2, 0.25) is 11.8 Å². The Balaban J connectivity index is 1.48. The van der Waals surface area contributed by atoms with E-state index >= 15 is 0 Å². The zero-order chi connectivity index (χ0) is 24.6. The molecule has 178 valence electrons. The lowest BCUT2D eigenvalue weighted by Gasteiger charge is -2.21. The van der Waals surface area contributed by atoms with Crippen LogP contribution in [0.2, 0.25) is 10.0 Å². The molecule has 0 aliphatic carbocycles. The van der Waals surface area contributed by atoms with E-state index in [0.29, 0.717) is 33.5 Å². The van der Waals surface area contributed by atoms with Crippen molar-refractivity contribution in [2.45, 2.75) is 38.3 Å². The normalized spacial score (nSPS) is 16.2. The number of carbonyl (C=O) groups is 3. The number of carbonyl (C=O) groups excluding carboxylic acids is 3. The molecule has 10 heteroatoms. The molecule has 0 bridgehead atoms. The van der Waals surface area contributed by atoms with Crippen LogP contribution in [0.1, 0.15) is 50.4 Å². The molecule has 1 fully saturated rings.